The van der Waals surface area contributed by atoms with Crippen molar-refractivity contribution < 1.29 is 0 Å². The van der Waals surface area contributed by atoms with Crippen LogP contribution in [0, 0.1) is 0 Å². The van der Waals surface area contributed by atoms with E-state index in [4.69, 9.17) is 17.3 Å². The first kappa shape index (κ1) is 8.72. The molecule has 0 saturated carbocycles. The Labute approximate surface area is 81.7 Å². The van der Waals surface area contributed by atoms with Crippen molar-refractivity contribution in [3.8, 4) is 0 Å². The lowest BCUT2D eigenvalue weighted by molar-refractivity contribution is 0.750. The van der Waals surface area contributed by atoms with Crippen molar-refractivity contribution in [3.05, 3.63) is 17.3 Å². The molecule has 1 saturated heterocycles. The standard InChI is InChI=1S/C8H11ClN4/c9-6-3-8(12-11-4-6)13-2-1-7(10)5-13/h3-4,7H,1-2,5,10H2/t7-/m1/s1. The van der Waals surface area contributed by atoms with Gasteiger partial charge in [0, 0.05) is 25.2 Å². The smallest absolute Gasteiger partial charge is 0.152 e. The molecule has 4 nitrogen and oxygen atoms in total. The van der Waals surface area contributed by atoms with Gasteiger partial charge < -0.3 is 10.6 Å². The molecule has 1 aliphatic rings. The quantitative estimate of drug-likeness (QED) is 0.721. The number of anilines is 1. The summed E-state index contributed by atoms with van der Waals surface area (Å²) in [5.74, 6) is 0.820. The second kappa shape index (κ2) is 3.47. The highest BCUT2D eigenvalue weighted by atomic mass is 35.5. The van der Waals surface area contributed by atoms with Crippen LogP contribution in [0.4, 0.5) is 5.82 Å². The number of rotatable bonds is 1. The van der Waals surface area contributed by atoms with E-state index in [1.54, 1.807) is 0 Å². The number of nitrogens with two attached hydrogens (primary N) is 1. The predicted molar refractivity (Wildman–Crippen MR) is 51.8 cm³/mol. The van der Waals surface area contributed by atoms with Crippen LogP contribution in [0.1, 0.15) is 6.42 Å². The van der Waals surface area contributed by atoms with Crippen LogP contribution < -0.4 is 10.6 Å². The van der Waals surface area contributed by atoms with Crippen molar-refractivity contribution in [1.29, 1.82) is 0 Å². The van der Waals surface area contributed by atoms with Crippen LogP contribution in [-0.2, 0) is 0 Å². The molecule has 13 heavy (non-hydrogen) atoms. The molecule has 1 fully saturated rings. The lowest BCUT2D eigenvalue weighted by atomic mass is 10.3. The van der Waals surface area contributed by atoms with Crippen LogP contribution in [0.3, 0.4) is 0 Å². The van der Waals surface area contributed by atoms with Crippen molar-refractivity contribution in [3.63, 3.8) is 0 Å². The maximum Gasteiger partial charge on any atom is 0.152 e. The van der Waals surface area contributed by atoms with Crippen molar-refractivity contribution in [2.45, 2.75) is 12.5 Å². The highest BCUT2D eigenvalue weighted by Crippen LogP contribution is 2.18. The molecular formula is C8H11ClN4. The normalized spacial score (nSPS) is 22.3. The van der Waals surface area contributed by atoms with Gasteiger partial charge in [0.15, 0.2) is 5.82 Å². The summed E-state index contributed by atoms with van der Waals surface area (Å²) in [7, 11) is 0. The van der Waals surface area contributed by atoms with E-state index in [9.17, 15) is 0 Å². The fourth-order valence-corrected chi connectivity index (χ4v) is 1.62. The molecule has 2 rings (SSSR count). The Kier molecular flexibility index (Phi) is 2.33. The van der Waals surface area contributed by atoms with Gasteiger partial charge in [-0.1, -0.05) is 11.6 Å². The molecule has 0 spiro atoms. The highest BCUT2D eigenvalue weighted by Gasteiger charge is 2.20. The maximum absolute atomic E-state index is 5.80. The third-order valence-corrected chi connectivity index (χ3v) is 2.36. The van der Waals surface area contributed by atoms with E-state index in [2.05, 4.69) is 15.1 Å². The van der Waals surface area contributed by atoms with Gasteiger partial charge in [0.1, 0.15) is 0 Å². The minimum Gasteiger partial charge on any atom is -0.353 e. The molecule has 1 atom stereocenters. The van der Waals surface area contributed by atoms with Gasteiger partial charge in [-0.25, -0.2) is 0 Å². The molecule has 0 aromatic carbocycles. The second-order valence-electron chi connectivity index (χ2n) is 3.23. The molecule has 1 aromatic heterocycles. The Balaban J connectivity index is 2.16. The zero-order valence-electron chi connectivity index (χ0n) is 7.15. The third kappa shape index (κ3) is 1.89. The van der Waals surface area contributed by atoms with Gasteiger partial charge in [-0.3, -0.25) is 0 Å². The Morgan fingerprint density at radius 3 is 3.08 bits per heavy atom. The Bertz CT molecular complexity index is 304. The first-order chi connectivity index (χ1) is 6.25. The molecule has 0 unspecified atom stereocenters. The van der Waals surface area contributed by atoms with E-state index in [0.29, 0.717) is 5.02 Å². The van der Waals surface area contributed by atoms with Crippen LogP contribution in [-0.4, -0.2) is 29.3 Å². The molecule has 2 heterocycles. The van der Waals surface area contributed by atoms with Crippen LogP contribution in [0.15, 0.2) is 12.3 Å². The molecule has 1 aromatic rings. The van der Waals surface area contributed by atoms with Gasteiger partial charge in [-0.15, -0.1) is 5.10 Å². The van der Waals surface area contributed by atoms with Gasteiger partial charge in [0.05, 0.1) is 11.2 Å². The molecule has 0 radical (unpaired) electrons. The highest BCUT2D eigenvalue weighted by molar-refractivity contribution is 6.30. The van der Waals surface area contributed by atoms with E-state index in [0.717, 1.165) is 25.3 Å². The summed E-state index contributed by atoms with van der Waals surface area (Å²) in [5, 5.41) is 8.40. The number of halogens is 1. The molecule has 0 bridgehead atoms. The lowest BCUT2D eigenvalue weighted by Gasteiger charge is -2.15. The number of aromatic nitrogens is 2. The SMILES string of the molecule is N[C@@H]1CCN(c2cc(Cl)cnn2)C1. The molecular weight excluding hydrogens is 188 g/mol. The molecule has 0 amide bonds. The van der Waals surface area contributed by atoms with Crippen LogP contribution >= 0.6 is 11.6 Å². The van der Waals surface area contributed by atoms with Crippen molar-refractivity contribution in [1.82, 2.24) is 10.2 Å². The van der Waals surface area contributed by atoms with Gasteiger partial charge in [0.2, 0.25) is 0 Å². The minimum atomic E-state index is 0.251. The van der Waals surface area contributed by atoms with E-state index < -0.39 is 0 Å². The minimum absolute atomic E-state index is 0.251. The number of nitrogens with zero attached hydrogens (tertiary/aromatic N) is 3. The summed E-state index contributed by atoms with van der Waals surface area (Å²) in [6.45, 7) is 1.78. The maximum atomic E-state index is 5.80. The Morgan fingerprint density at radius 2 is 2.46 bits per heavy atom. The van der Waals surface area contributed by atoms with E-state index in [1.165, 1.54) is 6.20 Å². The monoisotopic (exact) mass is 198 g/mol. The average Bonchev–Trinajstić information content (AvgIpc) is 2.52. The fraction of sp³-hybridized carbons (Fsp3) is 0.500. The molecule has 5 heteroatoms. The van der Waals surface area contributed by atoms with Crippen LogP contribution in [0.2, 0.25) is 5.02 Å². The second-order valence-corrected chi connectivity index (χ2v) is 3.66. The van der Waals surface area contributed by atoms with Gasteiger partial charge >= 0.3 is 0 Å². The lowest BCUT2D eigenvalue weighted by Crippen LogP contribution is -2.26. The number of hydrogen-bond acceptors (Lipinski definition) is 4. The molecule has 1 aliphatic heterocycles. The average molecular weight is 199 g/mol. The molecule has 70 valence electrons. The van der Waals surface area contributed by atoms with Crippen molar-refractivity contribution in [2.75, 3.05) is 18.0 Å². The molecule has 2 N–H and O–H groups in total. The van der Waals surface area contributed by atoms with Crippen LogP contribution in [0.25, 0.3) is 0 Å². The Morgan fingerprint density at radius 1 is 1.62 bits per heavy atom. The largest absolute Gasteiger partial charge is 0.353 e. The first-order valence-electron chi connectivity index (χ1n) is 4.24. The summed E-state index contributed by atoms with van der Waals surface area (Å²) >= 11 is 5.80. The zero-order chi connectivity index (χ0) is 9.26. The zero-order valence-corrected chi connectivity index (χ0v) is 7.91. The van der Waals surface area contributed by atoms with E-state index in [1.807, 2.05) is 6.07 Å². The van der Waals surface area contributed by atoms with Gasteiger partial charge in [0.25, 0.3) is 0 Å². The number of hydrogen-bond donors (Lipinski definition) is 1. The third-order valence-electron chi connectivity index (χ3n) is 2.16. The Hall–Kier alpha value is -0.870. The van der Waals surface area contributed by atoms with Gasteiger partial charge in [-0.05, 0) is 6.42 Å². The first-order valence-corrected chi connectivity index (χ1v) is 4.62. The predicted octanol–water partition coefficient (Wildman–Crippen LogP) is 0.667. The fourth-order valence-electron chi connectivity index (χ4n) is 1.48. The van der Waals surface area contributed by atoms with E-state index in [-0.39, 0.29) is 6.04 Å². The summed E-state index contributed by atoms with van der Waals surface area (Å²) in [4.78, 5) is 2.10. The van der Waals surface area contributed by atoms with Crippen LogP contribution in [0.5, 0.6) is 0 Å². The summed E-state index contributed by atoms with van der Waals surface area (Å²) < 4.78 is 0. The van der Waals surface area contributed by atoms with Crippen molar-refractivity contribution >= 4 is 17.4 Å². The summed E-state index contributed by atoms with van der Waals surface area (Å²) in [6, 6.07) is 2.06. The van der Waals surface area contributed by atoms with Crippen molar-refractivity contribution in [2.24, 2.45) is 5.73 Å². The molecule has 0 aliphatic carbocycles. The summed E-state index contributed by atoms with van der Waals surface area (Å²) in [6.07, 6.45) is 2.54. The van der Waals surface area contributed by atoms with Gasteiger partial charge in [-0.2, -0.15) is 5.10 Å². The topological polar surface area (TPSA) is 55.0 Å². The van der Waals surface area contributed by atoms with E-state index >= 15 is 0 Å². The summed E-state index contributed by atoms with van der Waals surface area (Å²) in [5.41, 5.74) is 5.78.